The molecule has 1 unspecified atom stereocenters. The second kappa shape index (κ2) is 12.6. The summed E-state index contributed by atoms with van der Waals surface area (Å²) in [7, 11) is 0. The first-order valence-corrected chi connectivity index (χ1v) is 9.71. The van der Waals surface area contributed by atoms with Gasteiger partial charge in [-0.15, -0.1) is 13.2 Å². The first kappa shape index (κ1) is 25.1. The Kier molecular flexibility index (Phi) is 10.5. The highest BCUT2D eigenvalue weighted by atomic mass is 16.6. The van der Waals surface area contributed by atoms with Gasteiger partial charge in [0.1, 0.15) is 0 Å². The number of β-amino-alcohol motifs (C(OH)–C–C–N with tert-alkyl or cyclic N) is 1. The number of carbonyl (C=O) groups excluding carboxylic acids is 2. The molecule has 0 aromatic heterocycles. The molecule has 0 spiro atoms. The molecule has 0 fully saturated rings. The topological polar surface area (TPSA) is 84.9 Å². The van der Waals surface area contributed by atoms with Gasteiger partial charge in [0.25, 0.3) is 0 Å². The minimum absolute atomic E-state index is 0.0426. The number of ether oxygens (including phenoxy) is 2. The summed E-state index contributed by atoms with van der Waals surface area (Å²) in [4.78, 5) is 24.1. The number of aliphatic hydroxyl groups excluding tert-OH is 1. The fraction of sp³-hybridized carbons (Fsp3) is 0.333. The minimum atomic E-state index is -0.838. The quantitative estimate of drug-likeness (QED) is 0.245. The lowest BCUT2D eigenvalue weighted by Crippen LogP contribution is -2.38. The molecule has 0 saturated carbocycles. The largest absolute Gasteiger partial charge is 0.419 e. The van der Waals surface area contributed by atoms with Crippen LogP contribution in [0.1, 0.15) is 45.3 Å². The molecule has 0 bridgehead atoms. The first-order chi connectivity index (χ1) is 14.2. The molecule has 1 aromatic rings. The molecule has 0 aliphatic rings. The molecular weight excluding hydrogens is 382 g/mol. The molecule has 1 atom stereocenters. The minimum Gasteiger partial charge on any atom is -0.419 e. The molecule has 1 rings (SSSR count). The summed E-state index contributed by atoms with van der Waals surface area (Å²) < 4.78 is 10.6. The van der Waals surface area contributed by atoms with Crippen LogP contribution in [0, 0.1) is 0 Å². The van der Waals surface area contributed by atoms with Crippen molar-refractivity contribution < 1.29 is 24.2 Å². The van der Waals surface area contributed by atoms with Crippen molar-refractivity contribution in [2.75, 3.05) is 6.54 Å². The van der Waals surface area contributed by atoms with Gasteiger partial charge in [0.05, 0.1) is 6.10 Å². The summed E-state index contributed by atoms with van der Waals surface area (Å²) in [5, 5.41) is 13.7. The van der Waals surface area contributed by atoms with Gasteiger partial charge < -0.3 is 19.9 Å². The molecule has 0 amide bonds. The van der Waals surface area contributed by atoms with Crippen LogP contribution < -0.4 is 14.8 Å². The van der Waals surface area contributed by atoms with Gasteiger partial charge in [0, 0.05) is 24.2 Å². The highest BCUT2D eigenvalue weighted by Gasteiger charge is 2.18. The third-order valence-corrected chi connectivity index (χ3v) is 3.71. The molecule has 2 N–H and O–H groups in total. The van der Waals surface area contributed by atoms with E-state index in [0.717, 1.165) is 0 Å². The maximum Gasteiger partial charge on any atom is 0.335 e. The van der Waals surface area contributed by atoms with Crippen molar-refractivity contribution in [1.29, 1.82) is 0 Å². The first-order valence-electron chi connectivity index (χ1n) is 9.71. The van der Waals surface area contributed by atoms with Crippen LogP contribution >= 0.6 is 0 Å². The Bertz CT molecular complexity index is 802. The summed E-state index contributed by atoms with van der Waals surface area (Å²) in [6.07, 6.45) is 9.24. The van der Waals surface area contributed by atoms with E-state index in [1.807, 2.05) is 20.8 Å². The molecular formula is C24H31NO5. The number of carbonyl (C=O) groups is 2. The van der Waals surface area contributed by atoms with E-state index in [0.29, 0.717) is 24.9 Å². The smallest absolute Gasteiger partial charge is 0.335 e. The van der Waals surface area contributed by atoms with E-state index in [4.69, 9.17) is 9.47 Å². The monoisotopic (exact) mass is 413 g/mol. The highest BCUT2D eigenvalue weighted by molar-refractivity contribution is 5.86. The average Bonchev–Trinajstić information content (AvgIpc) is 2.67. The predicted octanol–water partition coefficient (Wildman–Crippen LogP) is 4.18. The lowest BCUT2D eigenvalue weighted by Gasteiger charge is -2.23. The van der Waals surface area contributed by atoms with E-state index >= 15 is 0 Å². The molecule has 162 valence electrons. The van der Waals surface area contributed by atoms with Crippen molar-refractivity contribution in [2.24, 2.45) is 0 Å². The number of aliphatic hydroxyl groups is 1. The van der Waals surface area contributed by atoms with Crippen molar-refractivity contribution in [2.45, 2.75) is 45.3 Å². The van der Waals surface area contributed by atoms with Crippen LogP contribution in [0.3, 0.4) is 0 Å². The fourth-order valence-electron chi connectivity index (χ4n) is 2.22. The van der Waals surface area contributed by atoms with E-state index in [1.165, 1.54) is 24.3 Å². The fourth-order valence-corrected chi connectivity index (χ4v) is 2.22. The summed E-state index contributed by atoms with van der Waals surface area (Å²) in [5.41, 5.74) is 0.353. The Labute approximate surface area is 178 Å². The van der Waals surface area contributed by atoms with Gasteiger partial charge in [-0.05, 0) is 51.3 Å². The van der Waals surface area contributed by atoms with Crippen molar-refractivity contribution in [3.8, 4) is 11.5 Å². The Morgan fingerprint density at radius 3 is 2.07 bits per heavy atom. The van der Waals surface area contributed by atoms with Crippen LogP contribution in [0.5, 0.6) is 11.5 Å². The van der Waals surface area contributed by atoms with Gasteiger partial charge in [-0.2, -0.15) is 0 Å². The zero-order chi connectivity index (χ0) is 22.6. The summed E-state index contributed by atoms with van der Waals surface area (Å²) in [6.45, 7) is 13.4. The van der Waals surface area contributed by atoms with Gasteiger partial charge in [-0.1, -0.05) is 30.4 Å². The van der Waals surface area contributed by atoms with E-state index < -0.39 is 18.0 Å². The lowest BCUT2D eigenvalue weighted by atomic mass is 10.1. The second-order valence-corrected chi connectivity index (χ2v) is 7.55. The van der Waals surface area contributed by atoms with Crippen molar-refractivity contribution in [3.63, 3.8) is 0 Å². The van der Waals surface area contributed by atoms with Crippen LogP contribution in [0.15, 0.2) is 67.8 Å². The van der Waals surface area contributed by atoms with E-state index in [9.17, 15) is 14.7 Å². The van der Waals surface area contributed by atoms with Crippen LogP contribution in [0.2, 0.25) is 0 Å². The number of hydrogen-bond donors (Lipinski definition) is 2. The van der Waals surface area contributed by atoms with Crippen LogP contribution in [-0.4, -0.2) is 29.1 Å². The Balaban J connectivity index is 3.07. The van der Waals surface area contributed by atoms with Gasteiger partial charge in [-0.3, -0.25) is 0 Å². The molecule has 0 aliphatic heterocycles. The molecule has 30 heavy (non-hydrogen) atoms. The SMILES string of the molecule is C=CC/C=C/C(=O)Oc1ccc(C(O)CNC(C)(C)C)cc1OC(=O)/C=C/CC=C. The van der Waals surface area contributed by atoms with Gasteiger partial charge in [0.15, 0.2) is 11.5 Å². The van der Waals surface area contributed by atoms with Gasteiger partial charge >= 0.3 is 11.9 Å². The molecule has 0 aliphatic carbocycles. The summed E-state index contributed by atoms with van der Waals surface area (Å²) >= 11 is 0. The van der Waals surface area contributed by atoms with E-state index in [-0.39, 0.29) is 17.0 Å². The van der Waals surface area contributed by atoms with Crippen molar-refractivity contribution in [1.82, 2.24) is 5.32 Å². The number of benzene rings is 1. The van der Waals surface area contributed by atoms with Crippen molar-refractivity contribution in [3.05, 3.63) is 73.4 Å². The Morgan fingerprint density at radius 2 is 1.57 bits per heavy atom. The molecule has 0 saturated heterocycles. The third-order valence-electron chi connectivity index (χ3n) is 3.71. The van der Waals surface area contributed by atoms with Gasteiger partial charge in [-0.25, -0.2) is 9.59 Å². The van der Waals surface area contributed by atoms with E-state index in [1.54, 1.807) is 30.4 Å². The predicted molar refractivity (Wildman–Crippen MR) is 118 cm³/mol. The zero-order valence-corrected chi connectivity index (χ0v) is 17.9. The Morgan fingerprint density at radius 1 is 1.03 bits per heavy atom. The van der Waals surface area contributed by atoms with Crippen LogP contribution in [-0.2, 0) is 9.59 Å². The highest BCUT2D eigenvalue weighted by Crippen LogP contribution is 2.31. The van der Waals surface area contributed by atoms with Gasteiger partial charge in [0.2, 0.25) is 0 Å². The van der Waals surface area contributed by atoms with Crippen LogP contribution in [0.25, 0.3) is 0 Å². The standard InChI is InChI=1S/C24H31NO5/c1-6-8-10-12-22(27)29-20-15-14-18(19(26)17-25-24(3,4)5)16-21(20)30-23(28)13-11-9-7-2/h6-7,10-16,19,25-26H,1-2,8-9,17H2,3-5H3/b12-10+,13-11+. The number of rotatable bonds is 11. The second-order valence-electron chi connectivity index (χ2n) is 7.55. The molecule has 0 heterocycles. The molecule has 1 aromatic carbocycles. The number of esters is 2. The lowest BCUT2D eigenvalue weighted by molar-refractivity contribution is -0.131. The normalized spacial score (nSPS) is 12.7. The van der Waals surface area contributed by atoms with Crippen LogP contribution in [0.4, 0.5) is 0 Å². The number of hydrogen-bond acceptors (Lipinski definition) is 6. The van der Waals surface area contributed by atoms with E-state index in [2.05, 4.69) is 18.5 Å². The maximum atomic E-state index is 12.1. The average molecular weight is 414 g/mol. The third kappa shape index (κ3) is 10.0. The molecule has 6 nitrogen and oxygen atoms in total. The summed E-state index contributed by atoms with van der Waals surface area (Å²) in [5.74, 6) is -1.12. The summed E-state index contributed by atoms with van der Waals surface area (Å²) in [6, 6.07) is 4.60. The number of nitrogens with one attached hydrogen (secondary N) is 1. The maximum absolute atomic E-state index is 12.1. The number of allylic oxidation sites excluding steroid dienone is 4. The zero-order valence-electron chi connectivity index (χ0n) is 17.9. The molecule has 0 radical (unpaired) electrons. The Hall–Kier alpha value is -2.96. The van der Waals surface area contributed by atoms with Crippen molar-refractivity contribution >= 4 is 11.9 Å². The molecule has 6 heteroatoms.